The van der Waals surface area contributed by atoms with Crippen LogP contribution in [0.3, 0.4) is 0 Å². The number of amides is 2. The van der Waals surface area contributed by atoms with Crippen molar-refractivity contribution in [2.24, 2.45) is 5.92 Å². The topological polar surface area (TPSA) is 58.6 Å². The van der Waals surface area contributed by atoms with Gasteiger partial charge in [-0.15, -0.1) is 0 Å². The molecule has 208 valence electrons. The molecule has 3 rings (SSSR count). The number of ether oxygens (including phenoxy) is 1. The first-order valence-electron chi connectivity index (χ1n) is 13.2. The van der Waals surface area contributed by atoms with E-state index in [9.17, 15) is 9.59 Å². The summed E-state index contributed by atoms with van der Waals surface area (Å²) in [5.74, 6) is 0.439. The minimum absolute atomic E-state index is 0.00830. The van der Waals surface area contributed by atoms with E-state index in [1.165, 1.54) is 0 Å². The summed E-state index contributed by atoms with van der Waals surface area (Å²) in [6.45, 7) is 11.2. The Bertz CT molecular complexity index is 1260. The van der Waals surface area contributed by atoms with Crippen molar-refractivity contribution in [1.29, 1.82) is 0 Å². The molecule has 0 radical (unpaired) electrons. The fraction of sp³-hybridized carbons (Fsp3) is 0.375. The van der Waals surface area contributed by atoms with Gasteiger partial charge in [0.2, 0.25) is 5.91 Å². The molecule has 7 heteroatoms. The first kappa shape index (κ1) is 30.9. The fourth-order valence-electron chi connectivity index (χ4n) is 4.12. The van der Waals surface area contributed by atoms with Crippen molar-refractivity contribution in [2.45, 2.75) is 59.0 Å². The molecule has 39 heavy (non-hydrogen) atoms. The van der Waals surface area contributed by atoms with Crippen LogP contribution >= 0.6 is 31.9 Å². The summed E-state index contributed by atoms with van der Waals surface area (Å²) in [4.78, 5) is 29.0. The summed E-state index contributed by atoms with van der Waals surface area (Å²) >= 11 is 7.13. The van der Waals surface area contributed by atoms with E-state index in [-0.39, 0.29) is 36.3 Å². The lowest BCUT2D eigenvalue weighted by molar-refractivity contribution is -0.142. The lowest BCUT2D eigenvalue weighted by Crippen LogP contribution is -2.52. The van der Waals surface area contributed by atoms with Crippen molar-refractivity contribution in [3.63, 3.8) is 0 Å². The maximum absolute atomic E-state index is 13.8. The third-order valence-corrected chi connectivity index (χ3v) is 7.46. The van der Waals surface area contributed by atoms with E-state index >= 15 is 0 Å². The molecule has 5 nitrogen and oxygen atoms in total. The molecule has 1 atom stereocenters. The molecule has 0 bridgehead atoms. The van der Waals surface area contributed by atoms with Gasteiger partial charge in [-0.25, -0.2) is 0 Å². The van der Waals surface area contributed by atoms with Crippen molar-refractivity contribution in [2.75, 3.05) is 13.2 Å². The van der Waals surface area contributed by atoms with Gasteiger partial charge in [0.15, 0.2) is 6.61 Å². The van der Waals surface area contributed by atoms with Gasteiger partial charge in [0.05, 0.1) is 4.47 Å². The van der Waals surface area contributed by atoms with Crippen LogP contribution in [0.4, 0.5) is 0 Å². The van der Waals surface area contributed by atoms with E-state index in [0.717, 1.165) is 25.6 Å². The number of carbonyl (C=O) groups excluding carboxylic acids is 2. The largest absolute Gasteiger partial charge is 0.483 e. The minimum Gasteiger partial charge on any atom is -0.483 e. The van der Waals surface area contributed by atoms with Crippen molar-refractivity contribution >= 4 is 43.7 Å². The Morgan fingerprint density at radius 1 is 0.923 bits per heavy atom. The van der Waals surface area contributed by atoms with E-state index < -0.39 is 6.04 Å². The number of nitrogens with one attached hydrogen (secondary N) is 1. The zero-order valence-corrected chi connectivity index (χ0v) is 26.5. The number of rotatable bonds is 11. The Morgan fingerprint density at radius 2 is 1.62 bits per heavy atom. The Hall–Kier alpha value is -2.64. The smallest absolute Gasteiger partial charge is 0.261 e. The average molecular weight is 658 g/mol. The van der Waals surface area contributed by atoms with Gasteiger partial charge in [-0.1, -0.05) is 99.1 Å². The van der Waals surface area contributed by atoms with Gasteiger partial charge in [-0.2, -0.15) is 0 Å². The first-order chi connectivity index (χ1) is 18.4. The van der Waals surface area contributed by atoms with Crippen LogP contribution < -0.4 is 10.1 Å². The SMILES string of the molecule is CC(C)CNC(=O)[C@@H](Cc1ccccc1)N(Cc1cccc(Br)c1)C(=O)COc1ccc(C(C)(C)C)cc1Br. The van der Waals surface area contributed by atoms with Crippen molar-refractivity contribution in [3.8, 4) is 5.75 Å². The molecule has 0 aliphatic carbocycles. The summed E-state index contributed by atoms with van der Waals surface area (Å²) in [5.41, 5.74) is 3.05. The van der Waals surface area contributed by atoms with Crippen molar-refractivity contribution in [3.05, 3.63) is 98.4 Å². The number of hydrogen-bond donors (Lipinski definition) is 1. The number of hydrogen-bond acceptors (Lipinski definition) is 3. The quantitative estimate of drug-likeness (QED) is 0.235. The monoisotopic (exact) mass is 656 g/mol. The highest BCUT2D eigenvalue weighted by Crippen LogP contribution is 2.31. The minimum atomic E-state index is -0.701. The summed E-state index contributed by atoms with van der Waals surface area (Å²) in [7, 11) is 0. The van der Waals surface area contributed by atoms with E-state index in [1.54, 1.807) is 4.90 Å². The molecule has 3 aromatic carbocycles. The first-order valence-corrected chi connectivity index (χ1v) is 14.8. The molecule has 0 saturated heterocycles. The molecule has 0 spiro atoms. The number of nitrogens with zero attached hydrogens (tertiary/aromatic N) is 1. The highest BCUT2D eigenvalue weighted by molar-refractivity contribution is 9.10. The molecular weight excluding hydrogens is 620 g/mol. The highest BCUT2D eigenvalue weighted by Gasteiger charge is 2.31. The van der Waals surface area contributed by atoms with Crippen LogP contribution in [0, 0.1) is 5.92 Å². The van der Waals surface area contributed by atoms with Gasteiger partial charge >= 0.3 is 0 Å². The van der Waals surface area contributed by atoms with E-state index in [1.807, 2.05) is 86.6 Å². The van der Waals surface area contributed by atoms with Gasteiger partial charge in [0, 0.05) is 24.0 Å². The number of carbonyl (C=O) groups is 2. The molecule has 0 aliphatic rings. The van der Waals surface area contributed by atoms with Crippen molar-refractivity contribution < 1.29 is 14.3 Å². The molecular formula is C32H38Br2N2O3. The molecule has 0 saturated carbocycles. The van der Waals surface area contributed by atoms with Crippen LogP contribution in [0.2, 0.25) is 0 Å². The van der Waals surface area contributed by atoms with Crippen LogP contribution in [0.1, 0.15) is 51.3 Å². The molecule has 0 fully saturated rings. The molecule has 0 unspecified atom stereocenters. The van der Waals surface area contributed by atoms with E-state index in [2.05, 4.69) is 57.9 Å². The van der Waals surface area contributed by atoms with Gasteiger partial charge in [-0.05, 0) is 68.2 Å². The number of benzene rings is 3. The van der Waals surface area contributed by atoms with E-state index in [4.69, 9.17) is 4.74 Å². The lowest BCUT2D eigenvalue weighted by atomic mass is 9.87. The predicted octanol–water partition coefficient (Wildman–Crippen LogP) is 7.30. The maximum Gasteiger partial charge on any atom is 0.261 e. The molecule has 0 aliphatic heterocycles. The van der Waals surface area contributed by atoms with Crippen LogP contribution in [-0.4, -0.2) is 35.9 Å². The van der Waals surface area contributed by atoms with Gasteiger partial charge in [-0.3, -0.25) is 9.59 Å². The Kier molecular flexibility index (Phi) is 11.2. The predicted molar refractivity (Wildman–Crippen MR) is 165 cm³/mol. The van der Waals surface area contributed by atoms with Crippen molar-refractivity contribution in [1.82, 2.24) is 10.2 Å². The lowest BCUT2D eigenvalue weighted by Gasteiger charge is -2.32. The second kappa shape index (κ2) is 14.1. The Balaban J connectivity index is 1.90. The molecule has 3 aromatic rings. The zero-order valence-electron chi connectivity index (χ0n) is 23.3. The van der Waals surface area contributed by atoms with Gasteiger partial charge in [0.1, 0.15) is 11.8 Å². The molecule has 0 heterocycles. The summed E-state index contributed by atoms with van der Waals surface area (Å²) in [5, 5.41) is 3.05. The standard InChI is InChI=1S/C32H38Br2N2O3/c1-22(2)19-35-31(38)28(17-23-10-7-6-8-11-23)36(20-24-12-9-13-26(33)16-24)30(37)21-39-29-15-14-25(18-27(29)34)32(3,4)5/h6-16,18,22,28H,17,19-21H2,1-5H3,(H,35,38)/t28-/m1/s1. The van der Waals surface area contributed by atoms with Crippen LogP contribution in [-0.2, 0) is 28.0 Å². The summed E-state index contributed by atoms with van der Waals surface area (Å²) in [6.07, 6.45) is 0.397. The van der Waals surface area contributed by atoms with Crippen LogP contribution in [0.5, 0.6) is 5.75 Å². The summed E-state index contributed by atoms with van der Waals surface area (Å²) < 4.78 is 7.71. The third-order valence-electron chi connectivity index (χ3n) is 6.35. The van der Waals surface area contributed by atoms with Gasteiger partial charge < -0.3 is 15.0 Å². The highest BCUT2D eigenvalue weighted by atomic mass is 79.9. The molecule has 2 amide bonds. The second-order valence-electron chi connectivity index (χ2n) is 11.2. The maximum atomic E-state index is 13.8. The molecule has 0 aromatic heterocycles. The number of halogens is 2. The average Bonchev–Trinajstić information content (AvgIpc) is 2.88. The zero-order chi connectivity index (χ0) is 28.6. The Labute approximate surface area is 249 Å². The van der Waals surface area contributed by atoms with Crippen LogP contribution in [0.25, 0.3) is 0 Å². The Morgan fingerprint density at radius 3 is 2.23 bits per heavy atom. The fourth-order valence-corrected chi connectivity index (χ4v) is 5.06. The molecule has 1 N–H and O–H groups in total. The van der Waals surface area contributed by atoms with E-state index in [0.29, 0.717) is 18.7 Å². The normalized spacial score (nSPS) is 12.2. The summed E-state index contributed by atoms with van der Waals surface area (Å²) in [6, 6.07) is 22.8. The second-order valence-corrected chi connectivity index (χ2v) is 12.9. The van der Waals surface area contributed by atoms with Crippen LogP contribution in [0.15, 0.2) is 81.7 Å². The van der Waals surface area contributed by atoms with Gasteiger partial charge in [0.25, 0.3) is 5.91 Å². The third kappa shape index (κ3) is 9.50.